The van der Waals surface area contributed by atoms with Gasteiger partial charge in [0.15, 0.2) is 23.6 Å². The van der Waals surface area contributed by atoms with Gasteiger partial charge in [0.25, 0.3) is 0 Å². The molecule has 3 aliphatic carbocycles. The molecule has 0 radical (unpaired) electrons. The molecule has 1 unspecified atom stereocenters. The molecular formula is C43H53NO17. The molecule has 18 nitrogen and oxygen atoms in total. The molecule has 332 valence electrons. The number of benzene rings is 1. The fraction of sp³-hybridized carbons (Fsp3) is 0.581. The first kappa shape index (κ1) is 45.2. The van der Waals surface area contributed by atoms with Gasteiger partial charge in [0, 0.05) is 30.7 Å². The lowest BCUT2D eigenvalue weighted by molar-refractivity contribution is -0.346. The molecule has 4 N–H and O–H groups in total. The molecule has 11 atom stereocenters. The van der Waals surface area contributed by atoms with E-state index in [9.17, 15) is 39.3 Å². The summed E-state index contributed by atoms with van der Waals surface area (Å²) < 4.78 is 45.3. The third-order valence-electron chi connectivity index (χ3n) is 12.7. The van der Waals surface area contributed by atoms with Gasteiger partial charge >= 0.3 is 30.2 Å². The molecule has 6 rings (SSSR count). The van der Waals surface area contributed by atoms with Crippen LogP contribution in [0.1, 0.15) is 90.2 Å². The van der Waals surface area contributed by atoms with Crippen molar-refractivity contribution < 1.29 is 81.7 Å². The molecule has 1 aromatic heterocycles. The van der Waals surface area contributed by atoms with E-state index in [1.165, 1.54) is 58.4 Å². The fourth-order valence-corrected chi connectivity index (χ4v) is 9.57. The van der Waals surface area contributed by atoms with E-state index < -0.39 is 119 Å². The number of hydrogen-bond donors (Lipinski definition) is 4. The topological polar surface area (TPSA) is 253 Å². The highest BCUT2D eigenvalue weighted by Gasteiger charge is 2.78. The number of fused-ring (bicyclic) bond motifs is 5. The summed E-state index contributed by atoms with van der Waals surface area (Å²) in [7, 11) is 1.01. The molecule has 2 bridgehead atoms. The van der Waals surface area contributed by atoms with Crippen LogP contribution in [0.3, 0.4) is 0 Å². The zero-order chi connectivity index (χ0) is 45.0. The summed E-state index contributed by atoms with van der Waals surface area (Å²) in [5.74, 6) is -5.63. The number of amides is 1. The molecule has 4 aliphatic rings. The van der Waals surface area contributed by atoms with Crippen molar-refractivity contribution in [1.29, 1.82) is 0 Å². The number of carbonyl (C=O) groups is 6. The van der Waals surface area contributed by atoms with Crippen molar-refractivity contribution in [2.24, 2.45) is 16.7 Å². The van der Waals surface area contributed by atoms with Crippen molar-refractivity contribution in [3.05, 3.63) is 71.2 Å². The zero-order valence-electron chi connectivity index (χ0n) is 35.4. The van der Waals surface area contributed by atoms with E-state index in [4.69, 9.17) is 37.6 Å². The SMILES string of the molecule is COC(=O)O[C@H]1C(=O)[C@@]2(C)C([C@H](OC(=O)c3ccccc3)[C@]3(O)C[C@H](OC(=O)[C@H](O)[C@@H](NC(=O)OC(C)(C)C)c4ccoc4)C(C)=C1C3(C)C)[C@]1(OC(C)=O)CO[C@@H]1C[C@@H]2O. The number of aliphatic hydroxyl groups excluding tert-OH is 2. The van der Waals surface area contributed by atoms with Crippen molar-refractivity contribution in [2.45, 2.75) is 128 Å². The summed E-state index contributed by atoms with van der Waals surface area (Å²) in [5.41, 5.74) is -8.86. The minimum absolute atomic E-state index is 0.0434. The van der Waals surface area contributed by atoms with Gasteiger partial charge in [-0.25, -0.2) is 19.2 Å². The van der Waals surface area contributed by atoms with Crippen LogP contribution in [0, 0.1) is 16.7 Å². The average Bonchev–Trinajstić information content (AvgIpc) is 3.72. The summed E-state index contributed by atoms with van der Waals surface area (Å²) in [6, 6.07) is 7.66. The maximum Gasteiger partial charge on any atom is 0.509 e. The van der Waals surface area contributed by atoms with Crippen LogP contribution in [0.2, 0.25) is 0 Å². The van der Waals surface area contributed by atoms with Gasteiger partial charge in [-0.05, 0) is 64.0 Å². The molecule has 2 aromatic rings. The Bertz CT molecular complexity index is 2070. The number of ketones is 1. The normalized spacial score (nSPS) is 32.5. The predicted molar refractivity (Wildman–Crippen MR) is 207 cm³/mol. The lowest BCUT2D eigenvalue weighted by Gasteiger charge is -2.67. The minimum Gasteiger partial charge on any atom is -0.472 e. The number of hydrogen-bond acceptors (Lipinski definition) is 17. The Kier molecular flexibility index (Phi) is 12.0. The molecule has 1 aliphatic heterocycles. The Morgan fingerprint density at radius 1 is 1.00 bits per heavy atom. The molecule has 3 fully saturated rings. The Labute approximate surface area is 351 Å². The van der Waals surface area contributed by atoms with Crippen LogP contribution in [0.15, 0.2) is 64.5 Å². The standard InChI is InChI=1S/C43H53NO17/c1-21-25(57-36(50)30(47)29(24-15-16-55-19-24)44-37(51)61-39(3,4)5)18-43(53)34(59-35(49)23-13-11-10-12-14-23)32-41(8,26(46)17-27-42(32,20-56-27)60-22(2)45)33(48)31(58-38(52)54-9)28(21)40(43,6)7/h10-16,19,25-27,29-32,34,46-47,53H,17-18,20H2,1-9H3,(H,44,51)/t25-,26-,27+,29-,30+,31+,32?,34-,41+,42-,43+/m0/s1. The highest BCUT2D eigenvalue weighted by atomic mass is 16.7. The van der Waals surface area contributed by atoms with Gasteiger partial charge in [0.2, 0.25) is 0 Å². The van der Waals surface area contributed by atoms with Gasteiger partial charge in [0.1, 0.15) is 29.5 Å². The molecular weight excluding hydrogens is 802 g/mol. The van der Waals surface area contributed by atoms with Crippen LogP contribution < -0.4 is 5.32 Å². The molecule has 61 heavy (non-hydrogen) atoms. The summed E-state index contributed by atoms with van der Waals surface area (Å²) in [4.78, 5) is 82.8. The second kappa shape index (κ2) is 16.2. The summed E-state index contributed by atoms with van der Waals surface area (Å²) in [6.07, 6.45) is -10.9. The van der Waals surface area contributed by atoms with Crippen LogP contribution in [0.4, 0.5) is 9.59 Å². The number of alkyl carbamates (subject to hydrolysis) is 1. The van der Waals surface area contributed by atoms with E-state index in [2.05, 4.69) is 5.32 Å². The van der Waals surface area contributed by atoms with Crippen molar-refractivity contribution in [1.82, 2.24) is 5.32 Å². The van der Waals surface area contributed by atoms with Crippen LogP contribution in [0.25, 0.3) is 0 Å². The highest BCUT2D eigenvalue weighted by molar-refractivity contribution is 5.95. The third-order valence-corrected chi connectivity index (χ3v) is 12.7. The van der Waals surface area contributed by atoms with Gasteiger partial charge in [-0.3, -0.25) is 9.59 Å². The van der Waals surface area contributed by atoms with Gasteiger partial charge in [0.05, 0.1) is 55.3 Å². The number of carbonyl (C=O) groups excluding carboxylic acids is 6. The molecule has 1 amide bonds. The van der Waals surface area contributed by atoms with E-state index in [0.29, 0.717) is 0 Å². The zero-order valence-corrected chi connectivity index (χ0v) is 35.4. The number of esters is 3. The van der Waals surface area contributed by atoms with Crippen LogP contribution in [0.5, 0.6) is 0 Å². The minimum atomic E-state index is -2.45. The molecule has 1 saturated heterocycles. The first-order valence-corrected chi connectivity index (χ1v) is 19.8. The predicted octanol–water partition coefficient (Wildman–Crippen LogP) is 3.64. The lowest BCUT2D eigenvalue weighted by Crippen LogP contribution is -2.82. The largest absolute Gasteiger partial charge is 0.509 e. The summed E-state index contributed by atoms with van der Waals surface area (Å²) in [5, 5.41) is 39.7. The Balaban J connectivity index is 1.54. The Morgan fingerprint density at radius 3 is 2.23 bits per heavy atom. The maximum absolute atomic E-state index is 15.5. The molecule has 18 heteroatoms. The molecule has 2 heterocycles. The average molecular weight is 856 g/mol. The quantitative estimate of drug-likeness (QED) is 0.160. The maximum atomic E-state index is 15.5. The highest BCUT2D eigenvalue weighted by Crippen LogP contribution is 2.64. The second-order valence-electron chi connectivity index (χ2n) is 17.8. The first-order valence-electron chi connectivity index (χ1n) is 19.8. The van der Waals surface area contributed by atoms with Crippen LogP contribution in [-0.2, 0) is 47.5 Å². The molecule has 2 saturated carbocycles. The lowest BCUT2D eigenvalue weighted by atomic mass is 9.44. The van der Waals surface area contributed by atoms with E-state index >= 15 is 4.79 Å². The van der Waals surface area contributed by atoms with Gasteiger partial charge in [-0.1, -0.05) is 32.0 Å². The Hall–Kier alpha value is -5.30. The number of nitrogens with one attached hydrogen (secondary N) is 1. The number of Topliss-reactive ketones (excluding diaryl/α,β-unsaturated/α-hetero) is 1. The van der Waals surface area contributed by atoms with E-state index in [-0.39, 0.29) is 35.3 Å². The number of ether oxygens (including phenoxy) is 7. The summed E-state index contributed by atoms with van der Waals surface area (Å²) >= 11 is 0. The molecule has 1 aromatic carbocycles. The van der Waals surface area contributed by atoms with Crippen molar-refractivity contribution in [3.63, 3.8) is 0 Å². The van der Waals surface area contributed by atoms with E-state index in [1.807, 2.05) is 0 Å². The van der Waals surface area contributed by atoms with Gasteiger partial charge in [-0.15, -0.1) is 0 Å². The van der Waals surface area contributed by atoms with Crippen molar-refractivity contribution in [2.75, 3.05) is 13.7 Å². The van der Waals surface area contributed by atoms with Crippen LogP contribution in [-0.4, -0.2) is 118 Å². The fourth-order valence-electron chi connectivity index (χ4n) is 9.57. The number of furan rings is 1. The third kappa shape index (κ3) is 7.78. The van der Waals surface area contributed by atoms with E-state index in [0.717, 1.165) is 14.0 Å². The smallest absolute Gasteiger partial charge is 0.472 e. The molecule has 0 spiro atoms. The van der Waals surface area contributed by atoms with Gasteiger partial charge < -0.3 is 58.2 Å². The second-order valence-corrected chi connectivity index (χ2v) is 17.8. The van der Waals surface area contributed by atoms with Crippen LogP contribution >= 0.6 is 0 Å². The number of rotatable bonds is 9. The van der Waals surface area contributed by atoms with E-state index in [1.54, 1.807) is 39.0 Å². The van der Waals surface area contributed by atoms with Gasteiger partial charge in [-0.2, -0.15) is 0 Å². The van der Waals surface area contributed by atoms with Crippen molar-refractivity contribution in [3.8, 4) is 0 Å². The van der Waals surface area contributed by atoms with Crippen molar-refractivity contribution >= 4 is 35.9 Å². The number of methoxy groups -OCH3 is 1. The first-order chi connectivity index (χ1) is 28.4. The number of aliphatic hydroxyl groups is 3. The monoisotopic (exact) mass is 855 g/mol. The Morgan fingerprint density at radius 2 is 1.67 bits per heavy atom. The summed E-state index contributed by atoms with van der Waals surface area (Å²) in [6.45, 7) is 11.5.